The SMILES string of the molecule is O=C(O)c1ccc(N2CCN(Cc3ccc(-c4ccc5c(c4)OCO5)cc3)CC2)cc1. The summed E-state index contributed by atoms with van der Waals surface area (Å²) in [6.45, 7) is 5.03. The van der Waals surface area contributed by atoms with Crippen LogP contribution >= 0.6 is 0 Å². The van der Waals surface area contributed by atoms with Crippen molar-refractivity contribution in [3.05, 3.63) is 77.9 Å². The van der Waals surface area contributed by atoms with E-state index in [0.29, 0.717) is 12.4 Å². The molecule has 2 aliphatic heterocycles. The summed E-state index contributed by atoms with van der Waals surface area (Å²) in [5, 5.41) is 9.05. The molecule has 2 aliphatic rings. The van der Waals surface area contributed by atoms with Crippen molar-refractivity contribution in [1.82, 2.24) is 4.90 Å². The molecule has 0 bridgehead atoms. The van der Waals surface area contributed by atoms with E-state index in [2.05, 4.69) is 40.1 Å². The highest BCUT2D eigenvalue weighted by Gasteiger charge is 2.18. The molecule has 0 aliphatic carbocycles. The van der Waals surface area contributed by atoms with Gasteiger partial charge in [0, 0.05) is 38.4 Å². The zero-order chi connectivity index (χ0) is 21.2. The predicted molar refractivity (Wildman–Crippen MR) is 119 cm³/mol. The average Bonchev–Trinajstić information content (AvgIpc) is 3.28. The highest BCUT2D eigenvalue weighted by atomic mass is 16.7. The second-order valence-electron chi connectivity index (χ2n) is 7.88. The van der Waals surface area contributed by atoms with E-state index in [1.54, 1.807) is 12.1 Å². The molecule has 1 saturated heterocycles. The summed E-state index contributed by atoms with van der Waals surface area (Å²) in [7, 11) is 0. The van der Waals surface area contributed by atoms with Crippen LogP contribution in [0, 0.1) is 0 Å². The van der Waals surface area contributed by atoms with Gasteiger partial charge in [-0.1, -0.05) is 30.3 Å². The Morgan fingerprint density at radius 2 is 1.48 bits per heavy atom. The minimum Gasteiger partial charge on any atom is -0.478 e. The van der Waals surface area contributed by atoms with Gasteiger partial charge in [0.2, 0.25) is 6.79 Å². The lowest BCUT2D eigenvalue weighted by molar-refractivity contribution is 0.0697. The van der Waals surface area contributed by atoms with Crippen molar-refractivity contribution in [3.63, 3.8) is 0 Å². The molecule has 0 amide bonds. The van der Waals surface area contributed by atoms with Crippen LogP contribution in [0.4, 0.5) is 5.69 Å². The Bertz CT molecular complexity index is 1070. The molecule has 0 saturated carbocycles. The largest absolute Gasteiger partial charge is 0.478 e. The number of hydrogen-bond donors (Lipinski definition) is 1. The number of carboxylic acids is 1. The average molecular weight is 416 g/mol. The molecule has 0 atom stereocenters. The van der Waals surface area contributed by atoms with Crippen molar-refractivity contribution >= 4 is 11.7 Å². The minimum absolute atomic E-state index is 0.290. The number of carbonyl (C=O) groups is 1. The Morgan fingerprint density at radius 1 is 0.806 bits per heavy atom. The van der Waals surface area contributed by atoms with Gasteiger partial charge in [0.15, 0.2) is 11.5 Å². The van der Waals surface area contributed by atoms with E-state index in [9.17, 15) is 4.79 Å². The number of rotatable bonds is 5. The van der Waals surface area contributed by atoms with E-state index in [1.165, 1.54) is 5.56 Å². The summed E-state index contributed by atoms with van der Waals surface area (Å²) in [5.74, 6) is 0.718. The van der Waals surface area contributed by atoms with Crippen molar-refractivity contribution < 1.29 is 19.4 Å². The molecule has 1 N–H and O–H groups in total. The molecule has 2 heterocycles. The zero-order valence-electron chi connectivity index (χ0n) is 17.2. The first kappa shape index (κ1) is 19.5. The Hall–Kier alpha value is -3.51. The van der Waals surface area contributed by atoms with Gasteiger partial charge in [-0.3, -0.25) is 4.90 Å². The third-order valence-corrected chi connectivity index (χ3v) is 5.92. The van der Waals surface area contributed by atoms with E-state index in [-0.39, 0.29) is 0 Å². The summed E-state index contributed by atoms with van der Waals surface area (Å²) in [4.78, 5) is 15.8. The first-order valence-electron chi connectivity index (χ1n) is 10.5. The van der Waals surface area contributed by atoms with Crippen molar-refractivity contribution in [1.29, 1.82) is 0 Å². The minimum atomic E-state index is -0.888. The maximum absolute atomic E-state index is 11.0. The van der Waals surface area contributed by atoms with Gasteiger partial charge in [-0.15, -0.1) is 0 Å². The number of hydrogen-bond acceptors (Lipinski definition) is 5. The van der Waals surface area contributed by atoms with E-state index in [1.807, 2.05) is 24.3 Å². The summed E-state index contributed by atoms with van der Waals surface area (Å²) in [6.07, 6.45) is 0. The van der Waals surface area contributed by atoms with Gasteiger partial charge in [0.25, 0.3) is 0 Å². The van der Waals surface area contributed by atoms with Crippen LogP contribution in [-0.2, 0) is 6.54 Å². The molecule has 31 heavy (non-hydrogen) atoms. The number of aromatic carboxylic acids is 1. The normalized spacial score (nSPS) is 15.8. The fourth-order valence-corrected chi connectivity index (χ4v) is 4.12. The van der Waals surface area contributed by atoms with Crippen molar-refractivity contribution in [2.45, 2.75) is 6.54 Å². The summed E-state index contributed by atoms with van der Waals surface area (Å²) < 4.78 is 10.9. The number of benzene rings is 3. The van der Waals surface area contributed by atoms with Crippen LogP contribution in [0.3, 0.4) is 0 Å². The molecule has 5 rings (SSSR count). The van der Waals surface area contributed by atoms with Gasteiger partial charge >= 0.3 is 5.97 Å². The van der Waals surface area contributed by atoms with Crippen molar-refractivity contribution in [3.8, 4) is 22.6 Å². The number of ether oxygens (including phenoxy) is 2. The molecule has 6 nitrogen and oxygen atoms in total. The number of anilines is 1. The van der Waals surface area contributed by atoms with Gasteiger partial charge in [0.1, 0.15) is 0 Å². The van der Waals surface area contributed by atoms with Crippen LogP contribution in [0.25, 0.3) is 11.1 Å². The standard InChI is InChI=1S/C25H24N2O4/c28-25(29)20-5-8-22(9-6-20)27-13-11-26(12-14-27)16-18-1-3-19(4-2-18)21-7-10-23-24(15-21)31-17-30-23/h1-10,15H,11-14,16-17H2,(H,28,29). The fraction of sp³-hybridized carbons (Fsp3) is 0.240. The van der Waals surface area contributed by atoms with Crippen LogP contribution in [-0.4, -0.2) is 48.9 Å². The second kappa shape index (κ2) is 8.32. The van der Waals surface area contributed by atoms with Crippen LogP contribution in [0.15, 0.2) is 66.7 Å². The lowest BCUT2D eigenvalue weighted by atomic mass is 10.0. The number of carboxylic acid groups (broad SMARTS) is 1. The first-order valence-corrected chi connectivity index (χ1v) is 10.5. The van der Waals surface area contributed by atoms with E-state index in [0.717, 1.165) is 61.0 Å². The van der Waals surface area contributed by atoms with Crippen LogP contribution in [0.5, 0.6) is 11.5 Å². The Balaban J connectivity index is 1.17. The molecular formula is C25H24N2O4. The topological polar surface area (TPSA) is 62.2 Å². The van der Waals surface area contributed by atoms with Gasteiger partial charge < -0.3 is 19.5 Å². The van der Waals surface area contributed by atoms with Gasteiger partial charge in [-0.25, -0.2) is 4.79 Å². The number of fused-ring (bicyclic) bond motifs is 1. The van der Waals surface area contributed by atoms with Crippen LogP contribution < -0.4 is 14.4 Å². The third-order valence-electron chi connectivity index (χ3n) is 5.92. The smallest absolute Gasteiger partial charge is 0.335 e. The number of nitrogens with zero attached hydrogens (tertiary/aromatic N) is 2. The molecule has 158 valence electrons. The summed E-state index contributed by atoms with van der Waals surface area (Å²) >= 11 is 0. The van der Waals surface area contributed by atoms with Gasteiger partial charge in [-0.05, 0) is 53.1 Å². The first-order chi connectivity index (χ1) is 15.2. The third kappa shape index (κ3) is 4.20. The predicted octanol–water partition coefficient (Wildman–Crippen LogP) is 4.10. The van der Waals surface area contributed by atoms with Crippen molar-refractivity contribution in [2.24, 2.45) is 0 Å². The monoisotopic (exact) mass is 416 g/mol. The van der Waals surface area contributed by atoms with Crippen molar-refractivity contribution in [2.75, 3.05) is 37.9 Å². The maximum Gasteiger partial charge on any atom is 0.335 e. The molecule has 0 spiro atoms. The fourth-order valence-electron chi connectivity index (χ4n) is 4.12. The summed E-state index contributed by atoms with van der Waals surface area (Å²) in [5.41, 5.74) is 4.99. The molecule has 1 fully saturated rings. The molecule has 3 aromatic rings. The lowest BCUT2D eigenvalue weighted by Crippen LogP contribution is -2.45. The lowest BCUT2D eigenvalue weighted by Gasteiger charge is -2.36. The molecular weight excluding hydrogens is 392 g/mol. The molecule has 0 radical (unpaired) electrons. The van der Waals surface area contributed by atoms with E-state index >= 15 is 0 Å². The highest BCUT2D eigenvalue weighted by Crippen LogP contribution is 2.36. The van der Waals surface area contributed by atoms with Crippen LogP contribution in [0.2, 0.25) is 0 Å². The quantitative estimate of drug-likeness (QED) is 0.676. The zero-order valence-corrected chi connectivity index (χ0v) is 17.2. The molecule has 0 unspecified atom stereocenters. The molecule has 3 aromatic carbocycles. The Morgan fingerprint density at radius 3 is 2.19 bits per heavy atom. The molecule has 6 heteroatoms. The van der Waals surface area contributed by atoms with E-state index in [4.69, 9.17) is 14.6 Å². The summed E-state index contributed by atoms with van der Waals surface area (Å²) in [6, 6.07) is 21.9. The van der Waals surface area contributed by atoms with Gasteiger partial charge in [0.05, 0.1) is 5.56 Å². The Kier molecular flexibility index (Phi) is 5.22. The van der Waals surface area contributed by atoms with Gasteiger partial charge in [-0.2, -0.15) is 0 Å². The second-order valence-corrected chi connectivity index (χ2v) is 7.88. The van der Waals surface area contributed by atoms with E-state index < -0.39 is 5.97 Å². The maximum atomic E-state index is 11.0. The molecule has 0 aromatic heterocycles. The number of piperazine rings is 1. The highest BCUT2D eigenvalue weighted by molar-refractivity contribution is 5.88. The Labute approximate surface area is 181 Å². The van der Waals surface area contributed by atoms with Crippen LogP contribution in [0.1, 0.15) is 15.9 Å².